The summed E-state index contributed by atoms with van der Waals surface area (Å²) in [5.74, 6) is 0.517. The number of carbonyl (C=O) groups excluding carboxylic acids is 1. The molecule has 1 amide bonds. The van der Waals surface area contributed by atoms with Gasteiger partial charge in [-0.15, -0.1) is 12.6 Å². The summed E-state index contributed by atoms with van der Waals surface area (Å²) in [6, 6.07) is 13.8. The highest BCUT2D eigenvalue weighted by atomic mass is 32.1. The summed E-state index contributed by atoms with van der Waals surface area (Å²) in [4.78, 5) is 20.2. The highest BCUT2D eigenvalue weighted by Crippen LogP contribution is 2.48. The number of likely N-dealkylation sites (tertiary alicyclic amines) is 1. The van der Waals surface area contributed by atoms with Gasteiger partial charge in [-0.25, -0.2) is 0 Å². The largest absolute Gasteiger partial charge is 0.478 e. The smallest absolute Gasteiger partial charge is 0.252 e. The molecule has 1 unspecified atom stereocenters. The minimum Gasteiger partial charge on any atom is -0.478 e. The molecule has 178 valence electrons. The molecule has 2 aliphatic rings. The predicted molar refractivity (Wildman–Crippen MR) is 136 cm³/mol. The van der Waals surface area contributed by atoms with Gasteiger partial charge in [0.1, 0.15) is 5.75 Å². The van der Waals surface area contributed by atoms with Gasteiger partial charge in [0.2, 0.25) is 0 Å². The SMILES string of the molecule is Cc1ccc(O[C@@H](S)[C@@H]2CCN2C)cc1C(=O)NC1(c2cc(C(C)O)cc3ncccc23)CC1. The van der Waals surface area contributed by atoms with E-state index in [1.54, 1.807) is 13.1 Å². The first-order chi connectivity index (χ1) is 16.3. The van der Waals surface area contributed by atoms with E-state index in [0.29, 0.717) is 11.3 Å². The van der Waals surface area contributed by atoms with Gasteiger partial charge in [0.05, 0.1) is 23.2 Å². The van der Waals surface area contributed by atoms with Crippen LogP contribution < -0.4 is 10.1 Å². The van der Waals surface area contributed by atoms with Crippen molar-refractivity contribution in [2.24, 2.45) is 0 Å². The summed E-state index contributed by atoms with van der Waals surface area (Å²) in [5, 5.41) is 14.5. The molecule has 7 heteroatoms. The lowest BCUT2D eigenvalue weighted by Gasteiger charge is -2.40. The molecule has 2 fully saturated rings. The van der Waals surface area contributed by atoms with E-state index in [0.717, 1.165) is 53.4 Å². The Morgan fingerprint density at radius 3 is 2.74 bits per heavy atom. The molecule has 0 radical (unpaired) electrons. The Labute approximate surface area is 205 Å². The van der Waals surface area contributed by atoms with Gasteiger partial charge in [0.25, 0.3) is 5.91 Å². The van der Waals surface area contributed by atoms with Crippen molar-refractivity contribution < 1.29 is 14.6 Å². The average Bonchev–Trinajstić information content (AvgIpc) is 3.58. The van der Waals surface area contributed by atoms with E-state index in [1.165, 1.54) is 0 Å². The van der Waals surface area contributed by atoms with Gasteiger partial charge in [0, 0.05) is 17.1 Å². The average molecular weight is 478 g/mol. The molecule has 6 nitrogen and oxygen atoms in total. The summed E-state index contributed by atoms with van der Waals surface area (Å²) in [6.45, 7) is 4.73. The van der Waals surface area contributed by atoms with E-state index in [2.05, 4.69) is 34.9 Å². The van der Waals surface area contributed by atoms with Crippen molar-refractivity contribution in [3.63, 3.8) is 0 Å². The third-order valence-corrected chi connectivity index (χ3v) is 7.68. The Morgan fingerprint density at radius 1 is 1.29 bits per heavy atom. The van der Waals surface area contributed by atoms with Crippen molar-refractivity contribution >= 4 is 29.4 Å². The van der Waals surface area contributed by atoms with Crippen LogP contribution in [0.25, 0.3) is 10.9 Å². The lowest BCUT2D eigenvalue weighted by atomic mass is 9.94. The fourth-order valence-electron chi connectivity index (χ4n) is 4.75. The number of pyridine rings is 1. The van der Waals surface area contributed by atoms with Crippen molar-refractivity contribution in [2.45, 2.75) is 56.2 Å². The maximum Gasteiger partial charge on any atom is 0.252 e. The molecule has 1 saturated heterocycles. The zero-order valence-electron chi connectivity index (χ0n) is 19.8. The Bertz CT molecular complexity index is 1240. The zero-order chi connectivity index (χ0) is 24.0. The van der Waals surface area contributed by atoms with E-state index in [-0.39, 0.29) is 17.4 Å². The van der Waals surface area contributed by atoms with Crippen LogP contribution >= 0.6 is 12.6 Å². The van der Waals surface area contributed by atoms with E-state index in [4.69, 9.17) is 4.74 Å². The number of hydrogen-bond acceptors (Lipinski definition) is 6. The number of aliphatic hydroxyl groups excluding tert-OH is 1. The van der Waals surface area contributed by atoms with Gasteiger partial charge in [0.15, 0.2) is 5.44 Å². The number of carbonyl (C=O) groups is 1. The van der Waals surface area contributed by atoms with E-state index < -0.39 is 11.6 Å². The number of rotatable bonds is 7. The third kappa shape index (κ3) is 4.28. The Balaban J connectivity index is 1.42. The second-order valence-electron chi connectivity index (χ2n) is 9.67. The van der Waals surface area contributed by atoms with Crippen LogP contribution in [-0.2, 0) is 5.54 Å². The first-order valence-corrected chi connectivity index (χ1v) is 12.3. The van der Waals surface area contributed by atoms with Gasteiger partial charge in [-0.1, -0.05) is 18.2 Å². The number of fused-ring (bicyclic) bond motifs is 1. The summed E-state index contributed by atoms with van der Waals surface area (Å²) < 4.78 is 6.07. The molecule has 1 aromatic heterocycles. The molecule has 2 heterocycles. The second kappa shape index (κ2) is 8.87. The van der Waals surface area contributed by atoms with Crippen molar-refractivity contribution in [1.82, 2.24) is 15.2 Å². The molecule has 2 aromatic carbocycles. The minimum absolute atomic E-state index is 0.128. The van der Waals surface area contributed by atoms with Crippen LogP contribution in [0.3, 0.4) is 0 Å². The van der Waals surface area contributed by atoms with Crippen LogP contribution in [0.4, 0.5) is 0 Å². The van der Waals surface area contributed by atoms with Crippen molar-refractivity contribution in [3.05, 3.63) is 70.9 Å². The third-order valence-electron chi connectivity index (χ3n) is 7.23. The number of likely N-dealkylation sites (N-methyl/N-ethyl adjacent to an activating group) is 1. The standard InChI is InChI=1S/C27H31N3O3S/c1-16-6-7-19(33-26(34)24-8-12-30(24)3)15-21(16)25(32)29-27(9-10-27)22-13-18(17(2)31)14-23-20(22)5-4-11-28-23/h4-7,11,13-15,17,24,26,31,34H,8-10,12H2,1-3H3,(H,29,32)/t17?,24-,26-/m0/s1. The number of ether oxygens (including phenoxy) is 1. The number of amides is 1. The van der Waals surface area contributed by atoms with Crippen LogP contribution in [0, 0.1) is 6.92 Å². The molecule has 0 bridgehead atoms. The molecule has 5 rings (SSSR count). The van der Waals surface area contributed by atoms with Crippen molar-refractivity contribution in [3.8, 4) is 5.75 Å². The molecule has 1 saturated carbocycles. The molecule has 3 atom stereocenters. The molecule has 3 aromatic rings. The number of nitrogens with one attached hydrogen (secondary N) is 1. The summed E-state index contributed by atoms with van der Waals surface area (Å²) in [6.07, 6.45) is 3.88. The predicted octanol–water partition coefficient (Wildman–Crippen LogP) is 4.35. The van der Waals surface area contributed by atoms with Crippen LogP contribution in [0.15, 0.2) is 48.7 Å². The van der Waals surface area contributed by atoms with Gasteiger partial charge in [-0.3, -0.25) is 14.7 Å². The first-order valence-electron chi connectivity index (χ1n) is 11.8. The highest BCUT2D eigenvalue weighted by Gasteiger charge is 2.47. The zero-order valence-corrected chi connectivity index (χ0v) is 20.7. The van der Waals surface area contributed by atoms with Gasteiger partial charge < -0.3 is 15.2 Å². The molecule has 1 aliphatic heterocycles. The summed E-state index contributed by atoms with van der Waals surface area (Å²) in [5.41, 5.74) is 3.41. The van der Waals surface area contributed by atoms with Crippen LogP contribution in [0.5, 0.6) is 5.75 Å². The van der Waals surface area contributed by atoms with Crippen LogP contribution in [-0.4, -0.2) is 46.0 Å². The lowest BCUT2D eigenvalue weighted by Crippen LogP contribution is -2.51. The fraction of sp³-hybridized carbons (Fsp3) is 0.407. The fourth-order valence-corrected chi connectivity index (χ4v) is 5.24. The van der Waals surface area contributed by atoms with E-state index in [1.807, 2.05) is 49.4 Å². The molecule has 1 aliphatic carbocycles. The topological polar surface area (TPSA) is 74.7 Å². The number of nitrogens with zero attached hydrogens (tertiary/aromatic N) is 2. The molecule has 2 N–H and O–H groups in total. The van der Waals surface area contributed by atoms with Crippen molar-refractivity contribution in [1.29, 1.82) is 0 Å². The Morgan fingerprint density at radius 2 is 2.09 bits per heavy atom. The highest BCUT2D eigenvalue weighted by molar-refractivity contribution is 7.80. The maximum absolute atomic E-state index is 13.5. The van der Waals surface area contributed by atoms with Gasteiger partial charge in [-0.2, -0.15) is 0 Å². The van der Waals surface area contributed by atoms with E-state index in [9.17, 15) is 9.90 Å². The molecular weight excluding hydrogens is 446 g/mol. The molecule has 0 spiro atoms. The Kier molecular flexibility index (Phi) is 6.04. The van der Waals surface area contributed by atoms with Gasteiger partial charge >= 0.3 is 0 Å². The number of thiol groups is 1. The van der Waals surface area contributed by atoms with Crippen LogP contribution in [0.2, 0.25) is 0 Å². The second-order valence-corrected chi connectivity index (χ2v) is 10.2. The van der Waals surface area contributed by atoms with Crippen LogP contribution in [0.1, 0.15) is 59.3 Å². The van der Waals surface area contributed by atoms with E-state index >= 15 is 0 Å². The lowest BCUT2D eigenvalue weighted by molar-refractivity contribution is 0.0610. The monoisotopic (exact) mass is 477 g/mol. The number of aliphatic hydroxyl groups is 1. The summed E-state index contributed by atoms with van der Waals surface area (Å²) >= 11 is 4.63. The first kappa shape index (κ1) is 23.1. The number of aromatic nitrogens is 1. The number of hydrogen-bond donors (Lipinski definition) is 3. The normalized spacial score (nSPS) is 20.9. The molecule has 34 heavy (non-hydrogen) atoms. The Hall–Kier alpha value is -2.61. The maximum atomic E-state index is 13.5. The quantitative estimate of drug-likeness (QED) is 0.348. The number of benzene rings is 2. The van der Waals surface area contributed by atoms with Crippen molar-refractivity contribution in [2.75, 3.05) is 13.6 Å². The summed E-state index contributed by atoms with van der Waals surface area (Å²) in [7, 11) is 2.07. The van der Waals surface area contributed by atoms with Gasteiger partial charge in [-0.05, 0) is 87.7 Å². The molecular formula is C27H31N3O3S. The minimum atomic E-state index is -0.614. The number of aryl methyl sites for hydroxylation is 1.